The Morgan fingerprint density at radius 2 is 2.12 bits per heavy atom. The Morgan fingerprint density at radius 1 is 1.47 bits per heavy atom. The lowest BCUT2D eigenvalue weighted by Crippen LogP contribution is -2.38. The van der Waals surface area contributed by atoms with Crippen LogP contribution in [0.4, 0.5) is 4.39 Å². The number of hydrogen-bond acceptors (Lipinski definition) is 3. The number of hydrogen-bond donors (Lipinski definition) is 2. The minimum atomic E-state index is -1.17. The number of carboxylic acid groups (broad SMARTS) is 1. The van der Waals surface area contributed by atoms with Gasteiger partial charge in [-0.1, -0.05) is 0 Å². The number of carbonyl (C=O) groups excluding carboxylic acids is 1. The second-order valence-corrected chi connectivity index (χ2v) is 3.38. The van der Waals surface area contributed by atoms with Crippen molar-refractivity contribution in [2.45, 2.75) is 13.0 Å². The fourth-order valence-electron chi connectivity index (χ4n) is 1.19. The standard InChI is InChI=1S/C11H12FNO4/c1-6(11(15)16)13-10(14)8-5-7(12)3-4-9(8)17-2/h3-6H,1-2H3,(H,13,14)(H,15,16)/t6-/m0/s1. The summed E-state index contributed by atoms with van der Waals surface area (Å²) in [5.41, 5.74) is -0.0411. The van der Waals surface area contributed by atoms with Gasteiger partial charge in [-0.2, -0.15) is 0 Å². The second kappa shape index (κ2) is 5.29. The molecule has 1 aromatic rings. The Hall–Kier alpha value is -2.11. The molecule has 0 spiro atoms. The van der Waals surface area contributed by atoms with Crippen LogP contribution in [0.15, 0.2) is 18.2 Å². The number of halogens is 1. The van der Waals surface area contributed by atoms with Crippen molar-refractivity contribution >= 4 is 11.9 Å². The molecule has 1 amide bonds. The molecule has 5 nitrogen and oxygen atoms in total. The molecule has 92 valence electrons. The molecule has 0 aromatic heterocycles. The fraction of sp³-hybridized carbons (Fsp3) is 0.273. The fourth-order valence-corrected chi connectivity index (χ4v) is 1.19. The van der Waals surface area contributed by atoms with Crippen LogP contribution < -0.4 is 10.1 Å². The molecule has 1 atom stereocenters. The van der Waals surface area contributed by atoms with Crippen LogP contribution in [-0.4, -0.2) is 30.1 Å². The molecule has 0 bridgehead atoms. The lowest BCUT2D eigenvalue weighted by molar-refractivity contribution is -0.138. The summed E-state index contributed by atoms with van der Waals surface area (Å²) in [5.74, 6) is -2.29. The molecule has 0 unspecified atom stereocenters. The van der Waals surface area contributed by atoms with E-state index in [1.165, 1.54) is 20.1 Å². The Morgan fingerprint density at radius 3 is 2.65 bits per heavy atom. The van der Waals surface area contributed by atoms with Gasteiger partial charge in [-0.3, -0.25) is 9.59 Å². The Labute approximate surface area is 97.2 Å². The number of nitrogens with one attached hydrogen (secondary N) is 1. The summed E-state index contributed by atoms with van der Waals surface area (Å²) in [5, 5.41) is 10.9. The maximum absolute atomic E-state index is 13.0. The molecule has 17 heavy (non-hydrogen) atoms. The molecule has 0 heterocycles. The van der Waals surface area contributed by atoms with E-state index >= 15 is 0 Å². The van der Waals surface area contributed by atoms with E-state index in [-0.39, 0.29) is 11.3 Å². The first kappa shape index (κ1) is 13.0. The zero-order chi connectivity index (χ0) is 13.0. The molecule has 0 saturated heterocycles. The average Bonchev–Trinajstić information content (AvgIpc) is 2.28. The van der Waals surface area contributed by atoms with Crippen molar-refractivity contribution in [2.24, 2.45) is 0 Å². The van der Waals surface area contributed by atoms with Crippen LogP contribution in [0.5, 0.6) is 5.75 Å². The summed E-state index contributed by atoms with van der Waals surface area (Å²) in [4.78, 5) is 22.2. The van der Waals surface area contributed by atoms with Crippen molar-refractivity contribution in [1.82, 2.24) is 5.32 Å². The van der Waals surface area contributed by atoms with Crippen molar-refractivity contribution in [1.29, 1.82) is 0 Å². The van der Waals surface area contributed by atoms with Crippen LogP contribution in [0.2, 0.25) is 0 Å². The van der Waals surface area contributed by atoms with Crippen LogP contribution in [0, 0.1) is 5.82 Å². The van der Waals surface area contributed by atoms with E-state index in [0.717, 1.165) is 12.1 Å². The largest absolute Gasteiger partial charge is 0.496 e. The van der Waals surface area contributed by atoms with E-state index in [2.05, 4.69) is 5.32 Å². The maximum Gasteiger partial charge on any atom is 0.325 e. The van der Waals surface area contributed by atoms with E-state index in [1.807, 2.05) is 0 Å². The van der Waals surface area contributed by atoms with Gasteiger partial charge in [-0.25, -0.2) is 4.39 Å². The van der Waals surface area contributed by atoms with Crippen LogP contribution in [0.25, 0.3) is 0 Å². The number of carboxylic acids is 1. The molecule has 2 N–H and O–H groups in total. The predicted molar refractivity (Wildman–Crippen MR) is 57.5 cm³/mol. The molecule has 0 aliphatic rings. The molecule has 0 aliphatic heterocycles. The summed E-state index contributed by atoms with van der Waals surface area (Å²) in [6, 6.07) is 2.38. The number of rotatable bonds is 4. The SMILES string of the molecule is COc1ccc(F)cc1C(=O)N[C@@H](C)C(=O)O. The first-order chi connectivity index (χ1) is 7.95. The zero-order valence-corrected chi connectivity index (χ0v) is 9.36. The third kappa shape index (κ3) is 3.17. The van der Waals surface area contributed by atoms with Crippen LogP contribution in [0.1, 0.15) is 17.3 Å². The highest BCUT2D eigenvalue weighted by molar-refractivity contribution is 5.98. The van der Waals surface area contributed by atoms with Gasteiger partial charge in [0, 0.05) is 0 Å². The van der Waals surface area contributed by atoms with Gasteiger partial charge < -0.3 is 15.2 Å². The van der Waals surface area contributed by atoms with Crippen LogP contribution >= 0.6 is 0 Å². The third-order valence-corrected chi connectivity index (χ3v) is 2.12. The number of carbonyl (C=O) groups is 2. The van der Waals surface area contributed by atoms with Gasteiger partial charge in [0.1, 0.15) is 17.6 Å². The molecule has 1 rings (SSSR count). The predicted octanol–water partition coefficient (Wildman–Crippen LogP) is 1.04. The Balaban J connectivity index is 2.95. The molecule has 0 saturated carbocycles. The molecule has 0 fully saturated rings. The molecular formula is C11H12FNO4. The van der Waals surface area contributed by atoms with Crippen molar-refractivity contribution in [3.63, 3.8) is 0 Å². The number of ether oxygens (including phenoxy) is 1. The Bertz CT molecular complexity index is 447. The second-order valence-electron chi connectivity index (χ2n) is 3.38. The lowest BCUT2D eigenvalue weighted by Gasteiger charge is -2.11. The van der Waals surface area contributed by atoms with E-state index < -0.39 is 23.7 Å². The summed E-state index contributed by atoms with van der Waals surface area (Å²) < 4.78 is 17.9. The van der Waals surface area contributed by atoms with E-state index in [0.29, 0.717) is 0 Å². The maximum atomic E-state index is 13.0. The molecular weight excluding hydrogens is 229 g/mol. The normalized spacial score (nSPS) is 11.7. The lowest BCUT2D eigenvalue weighted by atomic mass is 10.1. The van der Waals surface area contributed by atoms with Gasteiger partial charge in [0.15, 0.2) is 0 Å². The average molecular weight is 241 g/mol. The molecule has 0 aliphatic carbocycles. The molecule has 6 heteroatoms. The van der Waals surface area contributed by atoms with E-state index in [1.54, 1.807) is 0 Å². The van der Waals surface area contributed by atoms with Gasteiger partial charge in [-0.15, -0.1) is 0 Å². The van der Waals surface area contributed by atoms with E-state index in [4.69, 9.17) is 9.84 Å². The smallest absolute Gasteiger partial charge is 0.325 e. The Kier molecular flexibility index (Phi) is 4.03. The molecule has 0 radical (unpaired) electrons. The highest BCUT2D eigenvalue weighted by atomic mass is 19.1. The van der Waals surface area contributed by atoms with Crippen LogP contribution in [0.3, 0.4) is 0 Å². The zero-order valence-electron chi connectivity index (χ0n) is 9.36. The first-order valence-electron chi connectivity index (χ1n) is 4.83. The van der Waals surface area contributed by atoms with Crippen molar-refractivity contribution in [3.8, 4) is 5.75 Å². The van der Waals surface area contributed by atoms with Gasteiger partial charge >= 0.3 is 5.97 Å². The minimum absolute atomic E-state index is 0.0411. The quantitative estimate of drug-likeness (QED) is 0.825. The van der Waals surface area contributed by atoms with Crippen molar-refractivity contribution in [3.05, 3.63) is 29.6 Å². The summed E-state index contributed by atoms with van der Waals surface area (Å²) >= 11 is 0. The van der Waals surface area contributed by atoms with Crippen molar-refractivity contribution < 1.29 is 23.8 Å². The number of benzene rings is 1. The monoisotopic (exact) mass is 241 g/mol. The van der Waals surface area contributed by atoms with Gasteiger partial charge in [0.2, 0.25) is 0 Å². The summed E-state index contributed by atoms with van der Waals surface area (Å²) in [6.07, 6.45) is 0. The minimum Gasteiger partial charge on any atom is -0.496 e. The number of methoxy groups -OCH3 is 1. The van der Waals surface area contributed by atoms with Gasteiger partial charge in [-0.05, 0) is 25.1 Å². The van der Waals surface area contributed by atoms with Crippen LogP contribution in [-0.2, 0) is 4.79 Å². The van der Waals surface area contributed by atoms with E-state index in [9.17, 15) is 14.0 Å². The molecule has 1 aromatic carbocycles. The number of amides is 1. The summed E-state index contributed by atoms with van der Waals surface area (Å²) in [7, 11) is 1.34. The van der Waals surface area contributed by atoms with Crippen molar-refractivity contribution in [2.75, 3.05) is 7.11 Å². The van der Waals surface area contributed by atoms with Gasteiger partial charge in [0.05, 0.1) is 12.7 Å². The van der Waals surface area contributed by atoms with Gasteiger partial charge in [0.25, 0.3) is 5.91 Å². The highest BCUT2D eigenvalue weighted by Gasteiger charge is 2.18. The number of aliphatic carboxylic acids is 1. The highest BCUT2D eigenvalue weighted by Crippen LogP contribution is 2.19. The summed E-state index contributed by atoms with van der Waals surface area (Å²) in [6.45, 7) is 1.31. The topological polar surface area (TPSA) is 75.6 Å². The third-order valence-electron chi connectivity index (χ3n) is 2.12. The first-order valence-corrected chi connectivity index (χ1v) is 4.83.